The van der Waals surface area contributed by atoms with Crippen molar-refractivity contribution in [1.29, 1.82) is 0 Å². The van der Waals surface area contributed by atoms with Gasteiger partial charge in [-0.3, -0.25) is 0 Å². The summed E-state index contributed by atoms with van der Waals surface area (Å²) in [5, 5.41) is 0. The molecule has 0 aliphatic carbocycles. The van der Waals surface area contributed by atoms with Crippen molar-refractivity contribution in [2.24, 2.45) is 0 Å². The first-order valence-electron chi connectivity index (χ1n) is 5.89. The zero-order valence-corrected chi connectivity index (χ0v) is 9.98. The molecule has 1 atom stereocenters. The number of nitrogens with zero attached hydrogens (tertiary/aromatic N) is 2. The summed E-state index contributed by atoms with van der Waals surface area (Å²) in [5.41, 5.74) is 11.8. The van der Waals surface area contributed by atoms with Crippen LogP contribution in [0, 0.1) is 0 Å². The fraction of sp³-hybridized carbons (Fsp3) is 0.636. The van der Waals surface area contributed by atoms with E-state index < -0.39 is 0 Å². The third-order valence-electron chi connectivity index (χ3n) is 2.62. The molecule has 1 aliphatic heterocycles. The molecule has 4 N–H and O–H groups in total. The lowest BCUT2D eigenvalue weighted by Gasteiger charge is -2.13. The molecule has 0 radical (unpaired) electrons. The van der Waals surface area contributed by atoms with Crippen LogP contribution in [0.1, 0.15) is 38.1 Å². The fourth-order valence-electron chi connectivity index (χ4n) is 1.72. The van der Waals surface area contributed by atoms with Gasteiger partial charge in [0, 0.05) is 6.61 Å². The van der Waals surface area contributed by atoms with Gasteiger partial charge in [0.05, 0.1) is 6.61 Å². The first-order valence-corrected chi connectivity index (χ1v) is 5.89. The summed E-state index contributed by atoms with van der Waals surface area (Å²) in [5.74, 6) is 1.20. The summed E-state index contributed by atoms with van der Waals surface area (Å²) >= 11 is 0. The van der Waals surface area contributed by atoms with E-state index in [0.29, 0.717) is 24.0 Å². The second kappa shape index (κ2) is 5.18. The minimum absolute atomic E-state index is 0.0816. The average Bonchev–Trinajstić information content (AvgIpc) is 2.84. The maximum atomic E-state index is 5.78. The smallest absolute Gasteiger partial charge is 0.242 e. The summed E-state index contributed by atoms with van der Waals surface area (Å²) < 4.78 is 11.0. The van der Waals surface area contributed by atoms with Crippen LogP contribution < -0.4 is 16.2 Å². The van der Waals surface area contributed by atoms with E-state index in [1.807, 2.05) is 6.92 Å². The van der Waals surface area contributed by atoms with Crippen molar-refractivity contribution >= 4 is 11.5 Å². The van der Waals surface area contributed by atoms with Gasteiger partial charge in [0.1, 0.15) is 11.8 Å². The number of nitrogen functional groups attached to an aromatic ring is 2. The largest absolute Gasteiger partial charge is 0.476 e. The molecule has 17 heavy (non-hydrogen) atoms. The van der Waals surface area contributed by atoms with Gasteiger partial charge in [-0.05, 0) is 19.3 Å². The van der Waals surface area contributed by atoms with Crippen molar-refractivity contribution in [2.75, 3.05) is 24.7 Å². The van der Waals surface area contributed by atoms with Crippen LogP contribution in [0.5, 0.6) is 5.88 Å². The Bertz CT molecular complexity index is 391. The second-order valence-electron chi connectivity index (χ2n) is 4.04. The van der Waals surface area contributed by atoms with Gasteiger partial charge < -0.3 is 20.9 Å². The van der Waals surface area contributed by atoms with Crippen LogP contribution in [-0.4, -0.2) is 23.2 Å². The first kappa shape index (κ1) is 11.9. The van der Waals surface area contributed by atoms with E-state index in [9.17, 15) is 0 Å². The Hall–Kier alpha value is -1.56. The van der Waals surface area contributed by atoms with Gasteiger partial charge in [0.15, 0.2) is 11.6 Å². The van der Waals surface area contributed by atoms with Crippen molar-refractivity contribution in [3.05, 3.63) is 5.82 Å². The SMILES string of the molecule is CCCOc1nc(C2CCCO2)nc(N)c1N. The molecule has 0 amide bonds. The molecule has 0 saturated carbocycles. The predicted molar refractivity (Wildman–Crippen MR) is 64.6 cm³/mol. The van der Waals surface area contributed by atoms with E-state index in [2.05, 4.69) is 9.97 Å². The van der Waals surface area contributed by atoms with Crippen LogP contribution >= 0.6 is 0 Å². The van der Waals surface area contributed by atoms with E-state index in [4.69, 9.17) is 20.9 Å². The second-order valence-corrected chi connectivity index (χ2v) is 4.04. The quantitative estimate of drug-likeness (QED) is 0.820. The minimum atomic E-state index is -0.0816. The summed E-state index contributed by atoms with van der Waals surface area (Å²) in [4.78, 5) is 8.45. The van der Waals surface area contributed by atoms with Crippen LogP contribution in [0.2, 0.25) is 0 Å². The number of ether oxygens (including phenoxy) is 2. The van der Waals surface area contributed by atoms with E-state index >= 15 is 0 Å². The maximum absolute atomic E-state index is 5.78. The maximum Gasteiger partial charge on any atom is 0.242 e. The lowest BCUT2D eigenvalue weighted by Crippen LogP contribution is -2.11. The molecule has 6 nitrogen and oxygen atoms in total. The van der Waals surface area contributed by atoms with Crippen molar-refractivity contribution in [3.63, 3.8) is 0 Å². The van der Waals surface area contributed by atoms with Crippen LogP contribution in [0.25, 0.3) is 0 Å². The summed E-state index contributed by atoms with van der Waals surface area (Å²) in [6.07, 6.45) is 2.74. The van der Waals surface area contributed by atoms with Crippen LogP contribution in [0.4, 0.5) is 11.5 Å². The van der Waals surface area contributed by atoms with Crippen molar-refractivity contribution in [2.45, 2.75) is 32.3 Å². The number of hydrogen-bond acceptors (Lipinski definition) is 6. The Morgan fingerprint density at radius 3 is 2.88 bits per heavy atom. The number of rotatable bonds is 4. The third kappa shape index (κ3) is 2.58. The summed E-state index contributed by atoms with van der Waals surface area (Å²) in [7, 11) is 0. The normalized spacial score (nSPS) is 19.5. The van der Waals surface area contributed by atoms with Gasteiger partial charge in [-0.2, -0.15) is 4.98 Å². The molecule has 1 aliphatic rings. The van der Waals surface area contributed by atoms with Crippen LogP contribution in [0.3, 0.4) is 0 Å². The molecular weight excluding hydrogens is 220 g/mol. The molecule has 0 bridgehead atoms. The van der Waals surface area contributed by atoms with Crippen molar-refractivity contribution in [1.82, 2.24) is 9.97 Å². The lowest BCUT2D eigenvalue weighted by atomic mass is 10.2. The van der Waals surface area contributed by atoms with Gasteiger partial charge in [-0.15, -0.1) is 0 Å². The van der Waals surface area contributed by atoms with Gasteiger partial charge in [0.2, 0.25) is 5.88 Å². The molecule has 1 aromatic rings. The zero-order chi connectivity index (χ0) is 12.3. The molecular formula is C11H18N4O2. The average molecular weight is 238 g/mol. The van der Waals surface area contributed by atoms with E-state index in [1.165, 1.54) is 0 Å². The van der Waals surface area contributed by atoms with Gasteiger partial charge in [-0.1, -0.05) is 6.92 Å². The fourth-order valence-corrected chi connectivity index (χ4v) is 1.72. The Morgan fingerprint density at radius 2 is 2.24 bits per heavy atom. The Morgan fingerprint density at radius 1 is 1.41 bits per heavy atom. The van der Waals surface area contributed by atoms with E-state index in [0.717, 1.165) is 25.9 Å². The standard InChI is InChI=1S/C11H18N4O2/c1-2-5-17-11-8(12)9(13)14-10(15-11)7-4-3-6-16-7/h7H,2-6,12H2,1H3,(H2,13,14,15). The molecule has 2 rings (SSSR count). The van der Waals surface area contributed by atoms with Crippen molar-refractivity contribution < 1.29 is 9.47 Å². The molecule has 1 aromatic heterocycles. The predicted octanol–water partition coefficient (Wildman–Crippen LogP) is 1.28. The Kier molecular flexibility index (Phi) is 3.63. The highest BCUT2D eigenvalue weighted by Crippen LogP contribution is 2.31. The highest BCUT2D eigenvalue weighted by molar-refractivity contribution is 5.64. The number of nitrogens with two attached hydrogens (primary N) is 2. The molecule has 2 heterocycles. The van der Waals surface area contributed by atoms with Gasteiger partial charge >= 0.3 is 0 Å². The number of aromatic nitrogens is 2. The van der Waals surface area contributed by atoms with Crippen molar-refractivity contribution in [3.8, 4) is 5.88 Å². The monoisotopic (exact) mass is 238 g/mol. The third-order valence-corrected chi connectivity index (χ3v) is 2.62. The molecule has 1 unspecified atom stereocenters. The molecule has 6 heteroatoms. The molecule has 1 saturated heterocycles. The first-order chi connectivity index (χ1) is 8.22. The molecule has 0 aromatic carbocycles. The topological polar surface area (TPSA) is 96.3 Å². The van der Waals surface area contributed by atoms with Crippen LogP contribution in [-0.2, 0) is 4.74 Å². The number of anilines is 2. The van der Waals surface area contributed by atoms with E-state index in [1.54, 1.807) is 0 Å². The Labute approximate surface area is 100 Å². The lowest BCUT2D eigenvalue weighted by molar-refractivity contribution is 0.104. The summed E-state index contributed by atoms with van der Waals surface area (Å²) in [6, 6.07) is 0. The molecule has 1 fully saturated rings. The number of hydrogen-bond donors (Lipinski definition) is 2. The molecule has 0 spiro atoms. The highest BCUT2D eigenvalue weighted by Gasteiger charge is 2.23. The van der Waals surface area contributed by atoms with E-state index in [-0.39, 0.29) is 11.9 Å². The van der Waals surface area contributed by atoms with Gasteiger partial charge in [0.25, 0.3) is 0 Å². The minimum Gasteiger partial charge on any atom is -0.476 e. The van der Waals surface area contributed by atoms with Gasteiger partial charge in [-0.25, -0.2) is 4.98 Å². The molecule has 94 valence electrons. The Balaban J connectivity index is 2.24. The van der Waals surface area contributed by atoms with Crippen LogP contribution in [0.15, 0.2) is 0 Å². The summed E-state index contributed by atoms with van der Waals surface area (Å²) in [6.45, 7) is 3.32. The zero-order valence-electron chi connectivity index (χ0n) is 9.98. The highest BCUT2D eigenvalue weighted by atomic mass is 16.5.